The maximum Gasteiger partial charge on any atom is 0.184 e. The Bertz CT molecular complexity index is 721. The fraction of sp³-hybridized carbons (Fsp3) is 0.133. The summed E-state index contributed by atoms with van der Waals surface area (Å²) in [7, 11) is 0. The van der Waals surface area contributed by atoms with Gasteiger partial charge in [0, 0.05) is 0 Å². The van der Waals surface area contributed by atoms with Gasteiger partial charge in [0.25, 0.3) is 0 Å². The number of anilines is 1. The van der Waals surface area contributed by atoms with Crippen molar-refractivity contribution in [2.24, 2.45) is 0 Å². The van der Waals surface area contributed by atoms with Crippen molar-refractivity contribution in [3.8, 4) is 0 Å². The fourth-order valence-corrected chi connectivity index (χ4v) is 2.94. The molecule has 20 heavy (non-hydrogen) atoms. The summed E-state index contributed by atoms with van der Waals surface area (Å²) in [5.74, 6) is -1.67. The Morgan fingerprint density at radius 1 is 1.10 bits per heavy atom. The molecule has 2 aromatic carbocycles. The van der Waals surface area contributed by atoms with E-state index in [2.05, 4.69) is 10.3 Å². The van der Waals surface area contributed by atoms with E-state index in [0.29, 0.717) is 5.56 Å². The predicted octanol–water partition coefficient (Wildman–Crippen LogP) is 4.75. The first kappa shape index (κ1) is 13.0. The number of halogens is 2. The molecule has 0 saturated heterocycles. The normalized spacial score (nSPS) is 12.6. The molecular weight excluding hydrogens is 278 g/mol. The number of rotatable bonds is 3. The molecule has 0 aliphatic carbocycles. The highest BCUT2D eigenvalue weighted by Crippen LogP contribution is 2.28. The number of nitrogens with zero attached hydrogens (tertiary/aromatic N) is 1. The number of thiazole rings is 1. The Morgan fingerprint density at radius 2 is 1.90 bits per heavy atom. The summed E-state index contributed by atoms with van der Waals surface area (Å²) in [6.07, 6.45) is 0. The molecule has 0 bridgehead atoms. The fourth-order valence-electron chi connectivity index (χ4n) is 1.98. The third-order valence-corrected chi connectivity index (χ3v) is 4.05. The average molecular weight is 290 g/mol. The van der Waals surface area contributed by atoms with E-state index < -0.39 is 11.6 Å². The van der Waals surface area contributed by atoms with Gasteiger partial charge in [0.05, 0.1) is 16.3 Å². The van der Waals surface area contributed by atoms with E-state index in [-0.39, 0.29) is 6.04 Å². The minimum absolute atomic E-state index is 0.148. The molecule has 3 aromatic rings. The van der Waals surface area contributed by atoms with Gasteiger partial charge in [-0.25, -0.2) is 13.8 Å². The molecule has 0 aliphatic heterocycles. The van der Waals surface area contributed by atoms with Crippen LogP contribution in [-0.2, 0) is 0 Å². The highest BCUT2D eigenvalue weighted by molar-refractivity contribution is 7.22. The molecule has 0 fully saturated rings. The molecule has 1 heterocycles. The van der Waals surface area contributed by atoms with Gasteiger partial charge in [-0.05, 0) is 36.8 Å². The van der Waals surface area contributed by atoms with Crippen LogP contribution in [0, 0.1) is 11.6 Å². The summed E-state index contributed by atoms with van der Waals surface area (Å²) in [4.78, 5) is 4.46. The molecule has 1 unspecified atom stereocenters. The Balaban J connectivity index is 1.84. The molecule has 1 aromatic heterocycles. The number of para-hydroxylation sites is 1. The van der Waals surface area contributed by atoms with Gasteiger partial charge in [-0.2, -0.15) is 0 Å². The SMILES string of the molecule is CC(Nc1nc2ccccc2s1)c1ccc(F)c(F)c1. The third-order valence-electron chi connectivity index (χ3n) is 3.08. The van der Waals surface area contributed by atoms with Gasteiger partial charge in [-0.3, -0.25) is 0 Å². The summed E-state index contributed by atoms with van der Waals surface area (Å²) >= 11 is 1.54. The lowest BCUT2D eigenvalue weighted by Crippen LogP contribution is -2.06. The Kier molecular flexibility index (Phi) is 3.36. The summed E-state index contributed by atoms with van der Waals surface area (Å²) in [5, 5.41) is 3.98. The van der Waals surface area contributed by atoms with Crippen molar-refractivity contribution in [2.75, 3.05) is 5.32 Å². The second kappa shape index (κ2) is 5.17. The Morgan fingerprint density at radius 3 is 2.65 bits per heavy atom. The van der Waals surface area contributed by atoms with Crippen LogP contribution in [-0.4, -0.2) is 4.98 Å². The Hall–Kier alpha value is -2.01. The van der Waals surface area contributed by atoms with Crippen molar-refractivity contribution < 1.29 is 8.78 Å². The van der Waals surface area contributed by atoms with Gasteiger partial charge in [-0.15, -0.1) is 0 Å². The maximum absolute atomic E-state index is 13.2. The van der Waals surface area contributed by atoms with Crippen LogP contribution in [0.2, 0.25) is 0 Å². The van der Waals surface area contributed by atoms with Crippen molar-refractivity contribution in [1.82, 2.24) is 4.98 Å². The topological polar surface area (TPSA) is 24.9 Å². The van der Waals surface area contributed by atoms with E-state index in [0.717, 1.165) is 21.4 Å². The van der Waals surface area contributed by atoms with E-state index in [1.165, 1.54) is 17.4 Å². The minimum atomic E-state index is -0.833. The van der Waals surface area contributed by atoms with Crippen molar-refractivity contribution in [2.45, 2.75) is 13.0 Å². The van der Waals surface area contributed by atoms with Crippen LogP contribution in [0.1, 0.15) is 18.5 Å². The molecule has 2 nitrogen and oxygen atoms in total. The first-order chi connectivity index (χ1) is 9.63. The molecule has 0 radical (unpaired) electrons. The van der Waals surface area contributed by atoms with Crippen molar-refractivity contribution in [3.63, 3.8) is 0 Å². The van der Waals surface area contributed by atoms with E-state index >= 15 is 0 Å². The summed E-state index contributed by atoms with van der Waals surface area (Å²) < 4.78 is 27.2. The summed E-state index contributed by atoms with van der Waals surface area (Å²) in [6.45, 7) is 1.89. The second-order valence-corrected chi connectivity index (χ2v) is 5.56. The lowest BCUT2D eigenvalue weighted by Gasteiger charge is -2.13. The van der Waals surface area contributed by atoms with Gasteiger partial charge >= 0.3 is 0 Å². The molecule has 3 rings (SSSR count). The van der Waals surface area contributed by atoms with E-state index in [4.69, 9.17) is 0 Å². The first-order valence-electron chi connectivity index (χ1n) is 6.20. The Labute approximate surface area is 119 Å². The average Bonchev–Trinajstić information content (AvgIpc) is 2.83. The lowest BCUT2D eigenvalue weighted by molar-refractivity contribution is 0.506. The second-order valence-electron chi connectivity index (χ2n) is 4.53. The van der Waals surface area contributed by atoms with Crippen molar-refractivity contribution >= 4 is 26.7 Å². The minimum Gasteiger partial charge on any atom is -0.355 e. The number of fused-ring (bicyclic) bond motifs is 1. The molecule has 0 saturated carbocycles. The third kappa shape index (κ3) is 2.49. The van der Waals surface area contributed by atoms with Crippen molar-refractivity contribution in [3.05, 3.63) is 59.7 Å². The molecule has 1 N–H and O–H groups in total. The standard InChI is InChI=1S/C15H12F2N2S/c1-9(10-6-7-11(16)12(17)8-10)18-15-19-13-4-2-3-5-14(13)20-15/h2-9H,1H3,(H,18,19). The zero-order valence-electron chi connectivity index (χ0n) is 10.7. The van der Waals surface area contributed by atoms with Crippen LogP contribution in [0.4, 0.5) is 13.9 Å². The van der Waals surface area contributed by atoms with E-state index in [1.807, 2.05) is 31.2 Å². The largest absolute Gasteiger partial charge is 0.355 e. The molecule has 1 atom stereocenters. The van der Waals surface area contributed by atoms with Crippen molar-refractivity contribution in [1.29, 1.82) is 0 Å². The zero-order valence-corrected chi connectivity index (χ0v) is 11.5. The molecule has 0 spiro atoms. The quantitative estimate of drug-likeness (QED) is 0.753. The summed E-state index contributed by atoms with van der Waals surface area (Å²) in [5.41, 5.74) is 1.61. The number of benzene rings is 2. The number of nitrogens with one attached hydrogen (secondary N) is 1. The maximum atomic E-state index is 13.2. The van der Waals surface area contributed by atoms with Gasteiger partial charge in [0.2, 0.25) is 0 Å². The van der Waals surface area contributed by atoms with Crippen LogP contribution >= 0.6 is 11.3 Å². The van der Waals surface area contributed by atoms with Gasteiger partial charge < -0.3 is 5.32 Å². The zero-order chi connectivity index (χ0) is 14.1. The molecule has 0 amide bonds. The monoisotopic (exact) mass is 290 g/mol. The van der Waals surface area contributed by atoms with Crippen LogP contribution in [0.5, 0.6) is 0 Å². The number of hydrogen-bond acceptors (Lipinski definition) is 3. The molecule has 5 heteroatoms. The highest BCUT2D eigenvalue weighted by Gasteiger charge is 2.11. The molecule has 0 aliphatic rings. The van der Waals surface area contributed by atoms with Gasteiger partial charge in [0.15, 0.2) is 16.8 Å². The van der Waals surface area contributed by atoms with Crippen LogP contribution in [0.25, 0.3) is 10.2 Å². The predicted molar refractivity (Wildman–Crippen MR) is 78.0 cm³/mol. The van der Waals surface area contributed by atoms with Crippen LogP contribution in [0.15, 0.2) is 42.5 Å². The molecular formula is C15H12F2N2S. The lowest BCUT2D eigenvalue weighted by atomic mass is 10.1. The first-order valence-corrected chi connectivity index (χ1v) is 7.02. The molecule has 102 valence electrons. The van der Waals surface area contributed by atoms with Crippen LogP contribution in [0.3, 0.4) is 0 Å². The summed E-state index contributed by atoms with van der Waals surface area (Å²) in [6, 6.07) is 11.6. The number of aromatic nitrogens is 1. The van der Waals surface area contributed by atoms with Crippen LogP contribution < -0.4 is 5.32 Å². The highest BCUT2D eigenvalue weighted by atomic mass is 32.1. The smallest absolute Gasteiger partial charge is 0.184 e. The van der Waals surface area contributed by atoms with Gasteiger partial charge in [0.1, 0.15) is 0 Å². The number of hydrogen-bond donors (Lipinski definition) is 1. The van der Waals surface area contributed by atoms with E-state index in [9.17, 15) is 8.78 Å². The van der Waals surface area contributed by atoms with E-state index in [1.54, 1.807) is 6.07 Å². The van der Waals surface area contributed by atoms with Gasteiger partial charge in [-0.1, -0.05) is 29.5 Å².